The van der Waals surface area contributed by atoms with Crippen LogP contribution in [0.2, 0.25) is 0 Å². The third kappa shape index (κ3) is 8.39. The Bertz CT molecular complexity index is 1060. The minimum absolute atomic E-state index is 0. The molecule has 1 amide bonds. The summed E-state index contributed by atoms with van der Waals surface area (Å²) in [5.74, 6) is -2.78. The monoisotopic (exact) mass is 493 g/mol. The number of thiophene rings is 1. The largest absolute Gasteiger partial charge is 1.00 e. The number of hydrogen-bond donors (Lipinski definition) is 4. The molecule has 3 heterocycles. The van der Waals surface area contributed by atoms with E-state index in [1.165, 1.54) is 11.3 Å². The maximum absolute atomic E-state index is 12.3. The van der Waals surface area contributed by atoms with Crippen molar-refractivity contribution in [3.05, 3.63) is 37.8 Å². The van der Waals surface area contributed by atoms with Gasteiger partial charge in [0.25, 0.3) is 11.5 Å². The number of carboxylic acid groups (broad SMARTS) is 2. The predicted octanol–water partition coefficient (Wildman–Crippen LogP) is -7.98. The number of carbonyl (C=O) groups excluding carboxylic acids is 3. The number of aromatic amines is 1. The average molecular weight is 493 g/mol. The van der Waals surface area contributed by atoms with Gasteiger partial charge in [-0.2, -0.15) is 4.98 Å². The van der Waals surface area contributed by atoms with Gasteiger partial charge in [-0.15, -0.1) is 11.3 Å². The standard InChI is InChI=1S/C19H23N5O6S.2Na/c20-19-23-15-11(16(27)24-19)7-9(8-21-15)1-2-10-3-5-13(31-10)17(28)22-12(18(29)30)4-6-14(25)26;;/h3,5,9,12H,1-2,4,6-8H2,(H,22,28)(H,25,26)(H,29,30)(H4,20,21,23,24,27);;/q;2*+1/p-2/t9-,12+;;/m1../s1. The third-order valence-electron chi connectivity index (χ3n) is 5.00. The molecule has 3 rings (SSSR count). The number of aryl methyl sites for hydroxylation is 1. The zero-order valence-corrected chi connectivity index (χ0v) is 23.3. The summed E-state index contributed by atoms with van der Waals surface area (Å²) in [4.78, 5) is 53.8. The Hall–Kier alpha value is -1.41. The van der Waals surface area contributed by atoms with E-state index in [2.05, 4.69) is 20.6 Å². The van der Waals surface area contributed by atoms with E-state index in [4.69, 9.17) is 5.73 Å². The molecule has 2 aromatic rings. The summed E-state index contributed by atoms with van der Waals surface area (Å²) >= 11 is 1.23. The van der Waals surface area contributed by atoms with Crippen molar-refractivity contribution >= 4 is 40.9 Å². The number of nitrogen functional groups attached to an aromatic ring is 1. The summed E-state index contributed by atoms with van der Waals surface area (Å²) in [5.41, 5.74) is 5.87. The number of nitrogens with one attached hydrogen (secondary N) is 3. The van der Waals surface area contributed by atoms with Crippen LogP contribution in [0.5, 0.6) is 0 Å². The SMILES string of the molecule is Nc1nc2c(c(=O)[nH]1)C[C@@H](CCc1ccc(C(=O)N[C@@H](CCC(=O)[O-])C(=O)[O-])s1)CN2.[Na+].[Na+]. The normalized spacial score (nSPS) is 15.1. The summed E-state index contributed by atoms with van der Waals surface area (Å²) < 4.78 is 0. The smallest absolute Gasteiger partial charge is 0.550 e. The summed E-state index contributed by atoms with van der Waals surface area (Å²) in [5, 5.41) is 27.0. The molecule has 2 atom stereocenters. The van der Waals surface area contributed by atoms with Crippen molar-refractivity contribution in [3.8, 4) is 0 Å². The van der Waals surface area contributed by atoms with E-state index in [0.29, 0.717) is 35.6 Å². The van der Waals surface area contributed by atoms with Gasteiger partial charge >= 0.3 is 59.1 Å². The predicted molar refractivity (Wildman–Crippen MR) is 108 cm³/mol. The van der Waals surface area contributed by atoms with Gasteiger partial charge in [0.2, 0.25) is 5.95 Å². The molecular formula is C19H21N5Na2O6S. The van der Waals surface area contributed by atoms with Crippen LogP contribution in [0.1, 0.15) is 39.4 Å². The number of carbonyl (C=O) groups is 3. The van der Waals surface area contributed by atoms with E-state index in [1.54, 1.807) is 12.1 Å². The Labute approximate surface area is 237 Å². The number of nitrogens with zero attached hydrogens (tertiary/aromatic N) is 1. The molecule has 0 bridgehead atoms. The Morgan fingerprint density at radius 1 is 1.27 bits per heavy atom. The fourth-order valence-electron chi connectivity index (χ4n) is 3.38. The zero-order chi connectivity index (χ0) is 22.5. The second-order valence-corrected chi connectivity index (χ2v) is 8.46. The number of hydrogen-bond acceptors (Lipinski definition) is 10. The fourth-order valence-corrected chi connectivity index (χ4v) is 4.30. The van der Waals surface area contributed by atoms with Crippen LogP contribution in [0.3, 0.4) is 0 Å². The Kier molecular flexibility index (Phi) is 12.1. The molecule has 33 heavy (non-hydrogen) atoms. The van der Waals surface area contributed by atoms with E-state index in [9.17, 15) is 29.4 Å². The number of aromatic nitrogens is 2. The van der Waals surface area contributed by atoms with Gasteiger partial charge in [-0.3, -0.25) is 14.6 Å². The molecule has 0 aliphatic carbocycles. The Balaban J connectivity index is 0.00000272. The maximum atomic E-state index is 12.3. The van der Waals surface area contributed by atoms with Crippen molar-refractivity contribution in [2.75, 3.05) is 17.6 Å². The number of carboxylic acids is 2. The van der Waals surface area contributed by atoms with Crippen LogP contribution in [-0.4, -0.2) is 40.4 Å². The van der Waals surface area contributed by atoms with Crippen LogP contribution < -0.4 is 91.3 Å². The molecule has 0 radical (unpaired) electrons. The van der Waals surface area contributed by atoms with E-state index in [1.807, 2.05) is 0 Å². The zero-order valence-electron chi connectivity index (χ0n) is 18.4. The molecule has 0 unspecified atom stereocenters. The minimum Gasteiger partial charge on any atom is -0.550 e. The van der Waals surface area contributed by atoms with E-state index < -0.39 is 30.3 Å². The quantitative estimate of drug-likeness (QED) is 0.246. The van der Waals surface area contributed by atoms with E-state index in [-0.39, 0.29) is 83.0 Å². The molecule has 0 aromatic carbocycles. The van der Waals surface area contributed by atoms with E-state index >= 15 is 0 Å². The van der Waals surface area contributed by atoms with Crippen LogP contribution in [-0.2, 0) is 22.4 Å². The van der Waals surface area contributed by atoms with Crippen molar-refractivity contribution in [2.24, 2.45) is 5.92 Å². The van der Waals surface area contributed by atoms with Crippen LogP contribution in [0, 0.1) is 5.92 Å². The number of aliphatic carboxylic acids is 2. The van der Waals surface area contributed by atoms with Gasteiger partial charge in [0.05, 0.1) is 22.5 Å². The first-order valence-corrected chi connectivity index (χ1v) is 10.5. The van der Waals surface area contributed by atoms with Crippen LogP contribution in [0.15, 0.2) is 16.9 Å². The van der Waals surface area contributed by atoms with Gasteiger partial charge < -0.3 is 36.2 Å². The van der Waals surface area contributed by atoms with Gasteiger partial charge in [-0.05, 0) is 50.2 Å². The van der Waals surface area contributed by atoms with Crippen LogP contribution in [0.25, 0.3) is 0 Å². The summed E-state index contributed by atoms with van der Waals surface area (Å²) in [6, 6.07) is 1.96. The van der Waals surface area contributed by atoms with Crippen LogP contribution >= 0.6 is 11.3 Å². The van der Waals surface area contributed by atoms with E-state index in [0.717, 1.165) is 11.3 Å². The second-order valence-electron chi connectivity index (χ2n) is 7.29. The summed E-state index contributed by atoms with van der Waals surface area (Å²) in [6.45, 7) is 0.646. The molecule has 5 N–H and O–H groups in total. The summed E-state index contributed by atoms with van der Waals surface area (Å²) in [7, 11) is 0. The fraction of sp³-hybridized carbons (Fsp3) is 0.421. The third-order valence-corrected chi connectivity index (χ3v) is 6.14. The maximum Gasteiger partial charge on any atom is 1.00 e. The average Bonchev–Trinajstić information content (AvgIpc) is 3.18. The molecule has 1 aliphatic heterocycles. The van der Waals surface area contributed by atoms with Crippen molar-refractivity contribution in [1.82, 2.24) is 15.3 Å². The molecule has 0 spiro atoms. The number of amides is 1. The molecule has 0 fully saturated rings. The molecule has 14 heteroatoms. The van der Waals surface area contributed by atoms with Crippen LogP contribution in [0.4, 0.5) is 11.8 Å². The molecule has 2 aromatic heterocycles. The first-order valence-electron chi connectivity index (χ1n) is 9.65. The molecule has 0 saturated heterocycles. The number of anilines is 2. The first kappa shape index (κ1) is 29.6. The number of fused-ring (bicyclic) bond motifs is 1. The molecule has 0 saturated carbocycles. The Morgan fingerprint density at radius 3 is 2.67 bits per heavy atom. The van der Waals surface area contributed by atoms with Gasteiger partial charge in [0.15, 0.2) is 0 Å². The topological polar surface area (TPSA) is 193 Å². The van der Waals surface area contributed by atoms with Crippen molar-refractivity contribution in [1.29, 1.82) is 0 Å². The first-order chi connectivity index (χ1) is 14.7. The summed E-state index contributed by atoms with van der Waals surface area (Å²) in [6.07, 6.45) is 1.19. The van der Waals surface area contributed by atoms with Gasteiger partial charge in [0, 0.05) is 17.4 Å². The molecule has 11 nitrogen and oxygen atoms in total. The van der Waals surface area contributed by atoms with Gasteiger partial charge in [0.1, 0.15) is 5.82 Å². The van der Waals surface area contributed by atoms with Gasteiger partial charge in [-0.25, -0.2) is 0 Å². The molecular weight excluding hydrogens is 472 g/mol. The second kappa shape index (κ2) is 13.5. The number of H-pyrrole nitrogens is 1. The van der Waals surface area contributed by atoms with Crippen molar-refractivity contribution in [3.63, 3.8) is 0 Å². The Morgan fingerprint density at radius 2 is 2.00 bits per heavy atom. The van der Waals surface area contributed by atoms with Crippen molar-refractivity contribution < 1.29 is 83.7 Å². The number of nitrogens with two attached hydrogens (primary N) is 1. The van der Waals surface area contributed by atoms with Crippen molar-refractivity contribution in [2.45, 2.75) is 38.1 Å². The molecule has 1 aliphatic rings. The molecule has 166 valence electrons. The van der Waals surface area contributed by atoms with Gasteiger partial charge in [-0.1, -0.05) is 0 Å². The minimum atomic E-state index is -1.55. The number of rotatable bonds is 9.